The molecule has 2 nitrogen and oxygen atoms in total. The Morgan fingerprint density at radius 1 is 1.06 bits per heavy atom. The van der Waals surface area contributed by atoms with Gasteiger partial charge in [-0.25, -0.2) is 0 Å². The van der Waals surface area contributed by atoms with E-state index in [0.717, 1.165) is 17.9 Å². The molecule has 4 atom stereocenters. The maximum atomic E-state index is 5.51. The fourth-order valence-corrected chi connectivity index (χ4v) is 5.78. The highest BCUT2D eigenvalue weighted by Crippen LogP contribution is 2.62. The van der Waals surface area contributed by atoms with Crippen molar-refractivity contribution in [1.29, 1.82) is 0 Å². The second kappa shape index (κ2) is 4.16. The Kier molecular flexibility index (Phi) is 2.90. The lowest BCUT2D eigenvalue weighted by Gasteiger charge is -2.23. The summed E-state index contributed by atoms with van der Waals surface area (Å²) >= 11 is 7.63. The molecule has 0 aliphatic heterocycles. The quantitative estimate of drug-likeness (QED) is 0.745. The zero-order valence-electron chi connectivity index (χ0n) is 9.74. The predicted octanol–water partition coefficient (Wildman–Crippen LogP) is 3.82. The number of hydrogen-bond acceptors (Lipinski definition) is 2. The number of rotatable bonds is 2. The minimum absolute atomic E-state index is 0.486. The lowest BCUT2D eigenvalue weighted by molar-refractivity contribution is 0.392. The summed E-state index contributed by atoms with van der Waals surface area (Å²) in [5.41, 5.74) is 2.67. The molecular weight excluding hydrogens is 348 g/mol. The average molecular weight is 362 g/mol. The van der Waals surface area contributed by atoms with Crippen LogP contribution in [0.2, 0.25) is 0 Å². The largest absolute Gasteiger partial charge is 0.496 e. The van der Waals surface area contributed by atoms with Crippen molar-refractivity contribution in [3.05, 3.63) is 23.3 Å². The molecule has 3 rings (SSSR count). The van der Waals surface area contributed by atoms with Crippen LogP contribution >= 0.6 is 31.9 Å². The van der Waals surface area contributed by atoms with E-state index in [0.29, 0.717) is 21.5 Å². The normalized spacial score (nSPS) is 33.6. The number of alkyl halides is 2. The van der Waals surface area contributed by atoms with Crippen LogP contribution in [-0.2, 0) is 0 Å². The highest BCUT2D eigenvalue weighted by molar-refractivity contribution is 9.10. The van der Waals surface area contributed by atoms with Gasteiger partial charge in [0.15, 0.2) is 0 Å². The van der Waals surface area contributed by atoms with Crippen LogP contribution in [0.4, 0.5) is 0 Å². The maximum Gasteiger partial charge on any atom is 0.122 e. The van der Waals surface area contributed by atoms with E-state index < -0.39 is 0 Å². The minimum atomic E-state index is 0.486. The van der Waals surface area contributed by atoms with E-state index in [4.69, 9.17) is 9.47 Å². The van der Waals surface area contributed by atoms with Crippen LogP contribution in [-0.4, -0.2) is 23.9 Å². The predicted molar refractivity (Wildman–Crippen MR) is 75.1 cm³/mol. The summed E-state index contributed by atoms with van der Waals surface area (Å²) in [7, 11) is 3.48. The van der Waals surface area contributed by atoms with Crippen molar-refractivity contribution >= 4 is 31.9 Å². The van der Waals surface area contributed by atoms with Crippen LogP contribution in [0.25, 0.3) is 0 Å². The Bertz CT molecular complexity index is 461. The number of benzene rings is 1. The monoisotopic (exact) mass is 360 g/mol. The zero-order valence-corrected chi connectivity index (χ0v) is 12.9. The maximum absolute atomic E-state index is 5.51. The molecule has 4 unspecified atom stereocenters. The second-order valence-electron chi connectivity index (χ2n) is 4.63. The Morgan fingerprint density at radius 3 is 2.24 bits per heavy atom. The molecule has 1 saturated carbocycles. The number of ether oxygens (including phenoxy) is 2. The molecule has 92 valence electrons. The standard InChI is InChI=1S/C13H14Br2O2/c1-16-8-3-4-9(17-2)12-10(8)6-5-7(14)11(12)13(6)15/h3-4,6-7,11,13H,5H2,1-2H3. The van der Waals surface area contributed by atoms with Gasteiger partial charge in [-0.05, 0) is 18.6 Å². The van der Waals surface area contributed by atoms with E-state index in [2.05, 4.69) is 31.9 Å². The topological polar surface area (TPSA) is 18.5 Å². The van der Waals surface area contributed by atoms with E-state index in [1.165, 1.54) is 11.1 Å². The SMILES string of the molecule is COc1ccc(OC)c2c1C1CC(Br)C2C1Br. The van der Waals surface area contributed by atoms with Crippen molar-refractivity contribution in [2.45, 2.75) is 27.9 Å². The van der Waals surface area contributed by atoms with Crippen molar-refractivity contribution in [3.63, 3.8) is 0 Å². The average Bonchev–Trinajstić information content (AvgIpc) is 2.78. The van der Waals surface area contributed by atoms with Gasteiger partial charge in [0.05, 0.1) is 14.2 Å². The molecule has 0 radical (unpaired) electrons. The first-order valence-electron chi connectivity index (χ1n) is 5.72. The van der Waals surface area contributed by atoms with Gasteiger partial charge in [0, 0.05) is 32.6 Å². The Hall–Kier alpha value is -0.220. The third-order valence-corrected chi connectivity index (χ3v) is 6.10. The molecule has 4 heteroatoms. The van der Waals surface area contributed by atoms with Gasteiger partial charge >= 0.3 is 0 Å². The van der Waals surface area contributed by atoms with Crippen molar-refractivity contribution in [2.75, 3.05) is 14.2 Å². The van der Waals surface area contributed by atoms with Crippen molar-refractivity contribution < 1.29 is 9.47 Å². The summed E-state index contributed by atoms with van der Waals surface area (Å²) in [5.74, 6) is 3.00. The van der Waals surface area contributed by atoms with Crippen LogP contribution in [0.1, 0.15) is 29.4 Å². The fourth-order valence-electron chi connectivity index (χ4n) is 3.26. The smallest absolute Gasteiger partial charge is 0.122 e. The third kappa shape index (κ3) is 1.49. The summed E-state index contributed by atoms with van der Waals surface area (Å²) in [4.78, 5) is 1.03. The minimum Gasteiger partial charge on any atom is -0.496 e. The third-order valence-electron chi connectivity index (χ3n) is 3.95. The summed E-state index contributed by atoms with van der Waals surface area (Å²) < 4.78 is 11.0. The van der Waals surface area contributed by atoms with Crippen molar-refractivity contribution in [2.24, 2.45) is 0 Å². The molecule has 1 aromatic carbocycles. The van der Waals surface area contributed by atoms with Crippen LogP contribution in [0.5, 0.6) is 11.5 Å². The Morgan fingerprint density at radius 2 is 1.65 bits per heavy atom. The van der Waals surface area contributed by atoms with E-state index >= 15 is 0 Å². The molecule has 0 N–H and O–H groups in total. The summed E-state index contributed by atoms with van der Waals surface area (Å²) in [6.45, 7) is 0. The van der Waals surface area contributed by atoms with Gasteiger partial charge in [0.1, 0.15) is 11.5 Å². The lowest BCUT2D eigenvalue weighted by Crippen LogP contribution is -2.12. The molecule has 0 heterocycles. The Balaban J connectivity index is 2.22. The Labute approximate surface area is 118 Å². The first-order chi connectivity index (χ1) is 8.19. The van der Waals surface area contributed by atoms with Gasteiger partial charge in [0.25, 0.3) is 0 Å². The van der Waals surface area contributed by atoms with Gasteiger partial charge in [0.2, 0.25) is 0 Å². The lowest BCUT2D eigenvalue weighted by atomic mass is 9.90. The summed E-state index contributed by atoms with van der Waals surface area (Å²) in [6, 6.07) is 4.03. The highest BCUT2D eigenvalue weighted by Gasteiger charge is 2.52. The van der Waals surface area contributed by atoms with Crippen molar-refractivity contribution in [3.8, 4) is 11.5 Å². The highest BCUT2D eigenvalue weighted by atomic mass is 79.9. The molecular formula is C13H14Br2O2. The van der Waals surface area contributed by atoms with Crippen LogP contribution in [0.3, 0.4) is 0 Å². The number of halogens is 2. The van der Waals surface area contributed by atoms with E-state index in [1.807, 2.05) is 12.1 Å². The molecule has 0 amide bonds. The van der Waals surface area contributed by atoms with E-state index in [-0.39, 0.29) is 0 Å². The number of hydrogen-bond donors (Lipinski definition) is 0. The first kappa shape index (κ1) is 11.8. The molecule has 2 aliphatic carbocycles. The zero-order chi connectivity index (χ0) is 12.2. The molecule has 2 aliphatic rings. The van der Waals surface area contributed by atoms with Crippen LogP contribution < -0.4 is 9.47 Å². The van der Waals surface area contributed by atoms with E-state index in [1.54, 1.807) is 14.2 Å². The van der Waals surface area contributed by atoms with Gasteiger partial charge in [-0.15, -0.1) is 0 Å². The first-order valence-corrected chi connectivity index (χ1v) is 7.55. The van der Waals surface area contributed by atoms with Gasteiger partial charge in [-0.1, -0.05) is 31.9 Å². The van der Waals surface area contributed by atoms with Gasteiger partial charge < -0.3 is 9.47 Å². The molecule has 1 aromatic rings. The summed E-state index contributed by atoms with van der Waals surface area (Å²) in [6.07, 6.45) is 1.16. The number of methoxy groups -OCH3 is 2. The molecule has 1 fully saturated rings. The van der Waals surface area contributed by atoms with Crippen molar-refractivity contribution in [1.82, 2.24) is 0 Å². The van der Waals surface area contributed by atoms with Crippen LogP contribution in [0.15, 0.2) is 12.1 Å². The van der Waals surface area contributed by atoms with Crippen LogP contribution in [0, 0.1) is 0 Å². The van der Waals surface area contributed by atoms with Gasteiger partial charge in [-0.3, -0.25) is 0 Å². The molecule has 0 aromatic heterocycles. The summed E-state index contributed by atoms with van der Waals surface area (Å²) in [5, 5.41) is 0. The second-order valence-corrected chi connectivity index (χ2v) is 6.86. The molecule has 0 saturated heterocycles. The molecule has 17 heavy (non-hydrogen) atoms. The van der Waals surface area contributed by atoms with Gasteiger partial charge in [-0.2, -0.15) is 0 Å². The molecule has 2 bridgehead atoms. The fraction of sp³-hybridized carbons (Fsp3) is 0.538. The van der Waals surface area contributed by atoms with E-state index in [9.17, 15) is 0 Å². The number of fused-ring (bicyclic) bond motifs is 5. The molecule has 0 spiro atoms.